The number of rotatable bonds is 3. The summed E-state index contributed by atoms with van der Waals surface area (Å²) in [5.74, 6) is 2.54. The van der Waals surface area contributed by atoms with Crippen molar-refractivity contribution in [2.75, 3.05) is 0 Å². The second-order valence-corrected chi connectivity index (χ2v) is 5.75. The molecule has 0 N–H and O–H groups in total. The van der Waals surface area contributed by atoms with Crippen LogP contribution in [-0.4, -0.2) is 9.97 Å². The fourth-order valence-electron chi connectivity index (χ4n) is 1.91. The zero-order valence-electron chi connectivity index (χ0n) is 11.6. The smallest absolute Gasteiger partial charge is 0.222 e. The lowest BCUT2D eigenvalue weighted by Gasteiger charge is -2.14. The lowest BCUT2D eigenvalue weighted by atomic mass is 10.0. The van der Waals surface area contributed by atoms with Gasteiger partial charge in [-0.25, -0.2) is 4.98 Å². The van der Waals surface area contributed by atoms with Crippen LogP contribution in [0, 0.1) is 13.8 Å². The maximum atomic E-state index is 5.92. The van der Waals surface area contributed by atoms with Crippen LogP contribution in [-0.2, 0) is 0 Å². The molecule has 2 rings (SSSR count). The van der Waals surface area contributed by atoms with E-state index in [0.29, 0.717) is 11.8 Å². The van der Waals surface area contributed by atoms with Crippen molar-refractivity contribution in [3.63, 3.8) is 0 Å². The Morgan fingerprint density at radius 2 is 1.84 bits per heavy atom. The van der Waals surface area contributed by atoms with Gasteiger partial charge in [0, 0.05) is 16.2 Å². The van der Waals surface area contributed by atoms with Crippen LogP contribution in [0.15, 0.2) is 28.7 Å². The average Bonchev–Trinajstić information content (AvgIpc) is 2.30. The second kappa shape index (κ2) is 5.70. The van der Waals surface area contributed by atoms with Crippen LogP contribution in [0.25, 0.3) is 0 Å². The minimum absolute atomic E-state index is 0.386. The van der Waals surface area contributed by atoms with E-state index in [4.69, 9.17) is 4.74 Å². The molecule has 0 bridgehead atoms. The van der Waals surface area contributed by atoms with Gasteiger partial charge in [0.25, 0.3) is 0 Å². The molecule has 0 aliphatic rings. The number of aryl methyl sites for hydroxylation is 2. The van der Waals surface area contributed by atoms with Crippen LogP contribution < -0.4 is 4.74 Å². The number of hydrogen-bond acceptors (Lipinski definition) is 3. The van der Waals surface area contributed by atoms with Crippen LogP contribution in [0.1, 0.15) is 36.8 Å². The van der Waals surface area contributed by atoms with Crippen LogP contribution in [0.4, 0.5) is 0 Å². The third-order valence-electron chi connectivity index (χ3n) is 2.75. The Labute approximate surface area is 122 Å². The van der Waals surface area contributed by atoms with Crippen LogP contribution in [0.2, 0.25) is 0 Å². The first kappa shape index (κ1) is 14.0. The Balaban J connectivity index is 2.37. The van der Waals surface area contributed by atoms with Crippen LogP contribution >= 0.6 is 15.9 Å². The number of benzene rings is 1. The Hall–Kier alpha value is -1.42. The van der Waals surface area contributed by atoms with E-state index in [1.807, 2.05) is 32.0 Å². The molecule has 0 spiro atoms. The predicted molar refractivity (Wildman–Crippen MR) is 79.8 cm³/mol. The summed E-state index contributed by atoms with van der Waals surface area (Å²) in [5.41, 5.74) is 2.06. The molecular formula is C15H17BrN2O. The van der Waals surface area contributed by atoms with E-state index in [9.17, 15) is 0 Å². The molecular weight excluding hydrogens is 304 g/mol. The van der Waals surface area contributed by atoms with Crippen molar-refractivity contribution in [2.45, 2.75) is 33.6 Å². The molecule has 0 saturated carbocycles. The molecule has 0 atom stereocenters. The molecule has 0 unspecified atom stereocenters. The highest BCUT2D eigenvalue weighted by molar-refractivity contribution is 9.10. The first-order valence-corrected chi connectivity index (χ1v) is 7.04. The number of ether oxygens (including phenoxy) is 1. The number of hydrogen-bond donors (Lipinski definition) is 0. The molecule has 0 radical (unpaired) electrons. The van der Waals surface area contributed by atoms with Gasteiger partial charge in [0.15, 0.2) is 0 Å². The summed E-state index contributed by atoms with van der Waals surface area (Å²) in [4.78, 5) is 8.56. The van der Waals surface area contributed by atoms with E-state index >= 15 is 0 Å². The van der Waals surface area contributed by atoms with Gasteiger partial charge in [0.1, 0.15) is 11.6 Å². The fourth-order valence-corrected chi connectivity index (χ4v) is 2.29. The average molecular weight is 321 g/mol. The molecule has 19 heavy (non-hydrogen) atoms. The largest absolute Gasteiger partial charge is 0.439 e. The van der Waals surface area contributed by atoms with Crippen molar-refractivity contribution >= 4 is 15.9 Å². The van der Waals surface area contributed by atoms with Gasteiger partial charge in [-0.2, -0.15) is 4.98 Å². The Morgan fingerprint density at radius 1 is 1.11 bits per heavy atom. The van der Waals surface area contributed by atoms with Gasteiger partial charge in [-0.15, -0.1) is 0 Å². The van der Waals surface area contributed by atoms with Crippen molar-refractivity contribution < 1.29 is 4.74 Å². The van der Waals surface area contributed by atoms with Gasteiger partial charge in [0.05, 0.1) is 0 Å². The molecule has 3 nitrogen and oxygen atoms in total. The van der Waals surface area contributed by atoms with Gasteiger partial charge < -0.3 is 4.74 Å². The van der Waals surface area contributed by atoms with Crippen molar-refractivity contribution in [1.29, 1.82) is 0 Å². The third kappa shape index (κ3) is 3.53. The van der Waals surface area contributed by atoms with E-state index in [-0.39, 0.29) is 0 Å². The number of halogens is 1. The highest BCUT2D eigenvalue weighted by Crippen LogP contribution is 2.32. The van der Waals surface area contributed by atoms with Crippen molar-refractivity contribution in [3.05, 3.63) is 45.8 Å². The Bertz CT molecular complexity index is 576. The highest BCUT2D eigenvalue weighted by atomic mass is 79.9. The molecule has 1 aromatic heterocycles. The Kier molecular flexibility index (Phi) is 4.20. The van der Waals surface area contributed by atoms with E-state index in [1.165, 1.54) is 0 Å². The molecule has 4 heteroatoms. The van der Waals surface area contributed by atoms with Crippen molar-refractivity contribution in [2.24, 2.45) is 0 Å². The monoisotopic (exact) mass is 320 g/mol. The molecule has 2 aromatic rings. The molecule has 0 aliphatic carbocycles. The summed E-state index contributed by atoms with van der Waals surface area (Å²) in [6, 6.07) is 7.87. The lowest BCUT2D eigenvalue weighted by Crippen LogP contribution is -1.98. The molecule has 0 saturated heterocycles. The topological polar surface area (TPSA) is 35.0 Å². The molecule has 1 aromatic carbocycles. The molecule has 0 aliphatic heterocycles. The summed E-state index contributed by atoms with van der Waals surface area (Å²) >= 11 is 3.49. The zero-order valence-corrected chi connectivity index (χ0v) is 13.2. The summed E-state index contributed by atoms with van der Waals surface area (Å²) in [6.45, 7) is 8.09. The summed E-state index contributed by atoms with van der Waals surface area (Å²) in [7, 11) is 0. The molecule has 0 fully saturated rings. The number of nitrogens with zero attached hydrogens (tertiary/aromatic N) is 2. The Morgan fingerprint density at radius 3 is 2.47 bits per heavy atom. The SMILES string of the molecule is Cc1cc(Oc2ccc(Br)cc2C(C)C)nc(C)n1. The maximum Gasteiger partial charge on any atom is 0.222 e. The second-order valence-electron chi connectivity index (χ2n) is 4.83. The molecule has 1 heterocycles. The first-order valence-electron chi connectivity index (χ1n) is 6.25. The fraction of sp³-hybridized carbons (Fsp3) is 0.333. The maximum absolute atomic E-state index is 5.92. The lowest BCUT2D eigenvalue weighted by molar-refractivity contribution is 0.450. The van der Waals surface area contributed by atoms with Gasteiger partial charge in [-0.05, 0) is 43.5 Å². The predicted octanol–water partition coefficient (Wildman–Crippen LogP) is 4.77. The van der Waals surface area contributed by atoms with E-state index in [1.54, 1.807) is 0 Å². The van der Waals surface area contributed by atoms with Gasteiger partial charge >= 0.3 is 0 Å². The highest BCUT2D eigenvalue weighted by Gasteiger charge is 2.10. The van der Waals surface area contributed by atoms with E-state index < -0.39 is 0 Å². The molecule has 0 amide bonds. The van der Waals surface area contributed by atoms with Gasteiger partial charge in [-0.1, -0.05) is 29.8 Å². The minimum atomic E-state index is 0.386. The normalized spacial score (nSPS) is 10.8. The summed E-state index contributed by atoms with van der Waals surface area (Å²) in [6.07, 6.45) is 0. The zero-order chi connectivity index (χ0) is 14.0. The standard InChI is InChI=1S/C15H17BrN2O/c1-9(2)13-8-12(16)5-6-14(13)19-15-7-10(3)17-11(4)18-15/h5-9H,1-4H3. The van der Waals surface area contributed by atoms with Gasteiger partial charge in [0.2, 0.25) is 5.88 Å². The summed E-state index contributed by atoms with van der Waals surface area (Å²) in [5, 5.41) is 0. The summed E-state index contributed by atoms with van der Waals surface area (Å²) < 4.78 is 6.97. The van der Waals surface area contributed by atoms with E-state index in [0.717, 1.165) is 27.3 Å². The third-order valence-corrected chi connectivity index (χ3v) is 3.24. The van der Waals surface area contributed by atoms with Crippen LogP contribution in [0.3, 0.4) is 0 Å². The van der Waals surface area contributed by atoms with Crippen molar-refractivity contribution in [1.82, 2.24) is 9.97 Å². The van der Waals surface area contributed by atoms with E-state index in [2.05, 4.69) is 45.8 Å². The van der Waals surface area contributed by atoms with Crippen molar-refractivity contribution in [3.8, 4) is 11.6 Å². The molecule has 100 valence electrons. The number of aromatic nitrogens is 2. The first-order chi connectivity index (χ1) is 8.95. The minimum Gasteiger partial charge on any atom is -0.439 e. The quantitative estimate of drug-likeness (QED) is 0.816. The van der Waals surface area contributed by atoms with Gasteiger partial charge in [-0.3, -0.25) is 0 Å². The van der Waals surface area contributed by atoms with Crippen LogP contribution in [0.5, 0.6) is 11.6 Å².